The van der Waals surface area contributed by atoms with Crippen molar-refractivity contribution < 1.29 is 14.3 Å². The Balaban J connectivity index is 1.59. The summed E-state index contributed by atoms with van der Waals surface area (Å²) in [5, 5.41) is 6.60. The molecular formula is C30H32N4O3. The second-order valence-electron chi connectivity index (χ2n) is 10.4. The van der Waals surface area contributed by atoms with E-state index in [0.717, 1.165) is 34.6 Å². The summed E-state index contributed by atoms with van der Waals surface area (Å²) in [6.45, 7) is 4.70. The fraction of sp³-hybridized carbons (Fsp3) is 0.300. The third kappa shape index (κ3) is 5.21. The van der Waals surface area contributed by atoms with Crippen molar-refractivity contribution >= 4 is 23.1 Å². The largest absolute Gasteiger partial charge is 0.497 e. The number of methoxy groups -OCH3 is 1. The fourth-order valence-corrected chi connectivity index (χ4v) is 5.30. The highest BCUT2D eigenvalue weighted by atomic mass is 16.5. The molecule has 2 N–H and O–H groups in total. The number of nitrogens with one attached hydrogen (secondary N) is 2. The van der Waals surface area contributed by atoms with Gasteiger partial charge in [-0.15, -0.1) is 0 Å². The van der Waals surface area contributed by atoms with Crippen molar-refractivity contribution in [3.63, 3.8) is 0 Å². The van der Waals surface area contributed by atoms with Gasteiger partial charge in [-0.25, -0.2) is 0 Å². The van der Waals surface area contributed by atoms with E-state index in [1.54, 1.807) is 19.5 Å². The lowest BCUT2D eigenvalue weighted by molar-refractivity contribution is -0.120. The predicted molar refractivity (Wildman–Crippen MR) is 144 cm³/mol. The maximum absolute atomic E-state index is 13.8. The minimum Gasteiger partial charge on any atom is -0.497 e. The monoisotopic (exact) mass is 496 g/mol. The van der Waals surface area contributed by atoms with Crippen LogP contribution in [0.4, 0.5) is 11.4 Å². The highest BCUT2D eigenvalue weighted by Crippen LogP contribution is 2.48. The van der Waals surface area contributed by atoms with Crippen LogP contribution in [0.3, 0.4) is 0 Å². The molecule has 5 rings (SSSR count). The van der Waals surface area contributed by atoms with E-state index < -0.39 is 6.04 Å². The topological polar surface area (TPSA) is 83.6 Å². The number of aromatic nitrogens is 1. The van der Waals surface area contributed by atoms with Crippen LogP contribution in [0.1, 0.15) is 43.9 Å². The van der Waals surface area contributed by atoms with Gasteiger partial charge in [-0.3, -0.25) is 14.6 Å². The molecule has 1 atom stereocenters. The first kappa shape index (κ1) is 24.6. The molecule has 0 saturated heterocycles. The van der Waals surface area contributed by atoms with E-state index in [1.165, 1.54) is 0 Å². The molecule has 190 valence electrons. The Morgan fingerprint density at radius 1 is 1.14 bits per heavy atom. The Bertz CT molecular complexity index is 1350. The van der Waals surface area contributed by atoms with Gasteiger partial charge in [-0.2, -0.15) is 0 Å². The fourth-order valence-electron chi connectivity index (χ4n) is 5.30. The predicted octanol–water partition coefficient (Wildman–Crippen LogP) is 5.02. The number of ketones is 1. The zero-order chi connectivity index (χ0) is 26.0. The van der Waals surface area contributed by atoms with Crippen LogP contribution in [0.15, 0.2) is 84.3 Å². The first-order valence-corrected chi connectivity index (χ1v) is 12.5. The summed E-state index contributed by atoms with van der Waals surface area (Å²) >= 11 is 0. The van der Waals surface area contributed by atoms with E-state index in [9.17, 15) is 9.59 Å². The van der Waals surface area contributed by atoms with Crippen molar-refractivity contribution in [1.82, 2.24) is 10.3 Å². The third-order valence-corrected chi connectivity index (χ3v) is 6.94. The van der Waals surface area contributed by atoms with Crippen molar-refractivity contribution in [3.8, 4) is 5.75 Å². The average Bonchev–Trinajstić information content (AvgIpc) is 3.02. The number of anilines is 2. The summed E-state index contributed by atoms with van der Waals surface area (Å²) in [4.78, 5) is 33.3. The van der Waals surface area contributed by atoms with E-state index in [1.807, 2.05) is 65.6 Å². The SMILES string of the molecule is COc1cccc(C2C3=C(CC(C)(C)CC3=O)Nc3ccccc3N2CC(=O)NCc2cccnc2)c1. The summed E-state index contributed by atoms with van der Waals surface area (Å²) in [5.41, 5.74) is 5.04. The van der Waals surface area contributed by atoms with Crippen LogP contribution in [0.2, 0.25) is 0 Å². The van der Waals surface area contributed by atoms with Gasteiger partial charge in [0, 0.05) is 36.6 Å². The number of Topliss-reactive ketones (excluding diaryl/α,β-unsaturated/α-hetero) is 1. The summed E-state index contributed by atoms with van der Waals surface area (Å²) in [6, 6.07) is 19.0. The number of pyridine rings is 1. The van der Waals surface area contributed by atoms with E-state index in [2.05, 4.69) is 29.5 Å². The van der Waals surface area contributed by atoms with Crippen molar-refractivity contribution in [2.75, 3.05) is 23.9 Å². The molecule has 1 amide bonds. The van der Waals surface area contributed by atoms with Crippen LogP contribution in [0, 0.1) is 5.41 Å². The van der Waals surface area contributed by atoms with E-state index in [4.69, 9.17) is 4.74 Å². The minimum absolute atomic E-state index is 0.0777. The quantitative estimate of drug-likeness (QED) is 0.499. The molecule has 0 bridgehead atoms. The molecule has 37 heavy (non-hydrogen) atoms. The van der Waals surface area contributed by atoms with Gasteiger partial charge >= 0.3 is 0 Å². The molecule has 0 spiro atoms. The number of benzene rings is 2. The molecule has 3 aromatic rings. The van der Waals surface area contributed by atoms with Gasteiger partial charge in [0.1, 0.15) is 5.75 Å². The van der Waals surface area contributed by atoms with Crippen molar-refractivity contribution in [1.29, 1.82) is 0 Å². The first-order chi connectivity index (χ1) is 17.8. The highest BCUT2D eigenvalue weighted by molar-refractivity contribution is 6.01. The van der Waals surface area contributed by atoms with E-state index in [-0.39, 0.29) is 23.7 Å². The smallest absolute Gasteiger partial charge is 0.239 e. The Hall–Kier alpha value is -4.13. The van der Waals surface area contributed by atoms with Gasteiger partial charge < -0.3 is 20.3 Å². The normalized spacial score (nSPS) is 18.3. The van der Waals surface area contributed by atoms with E-state index >= 15 is 0 Å². The van der Waals surface area contributed by atoms with Gasteiger partial charge in [0.15, 0.2) is 5.78 Å². The Morgan fingerprint density at radius 3 is 2.76 bits per heavy atom. The number of allylic oxidation sites excluding steroid dienone is 1. The van der Waals surface area contributed by atoms with Gasteiger partial charge in [0.2, 0.25) is 5.91 Å². The number of carbonyl (C=O) groups is 2. The van der Waals surface area contributed by atoms with Crippen LogP contribution in [0.25, 0.3) is 0 Å². The Morgan fingerprint density at radius 2 is 1.97 bits per heavy atom. The molecular weight excluding hydrogens is 464 g/mol. The highest BCUT2D eigenvalue weighted by Gasteiger charge is 2.42. The molecule has 1 aromatic heterocycles. The average molecular weight is 497 g/mol. The van der Waals surface area contributed by atoms with Crippen LogP contribution in [-0.4, -0.2) is 30.3 Å². The zero-order valence-electron chi connectivity index (χ0n) is 21.5. The van der Waals surface area contributed by atoms with Crippen molar-refractivity contribution in [3.05, 3.63) is 95.5 Å². The standard InChI is InChI=1S/C30H32N4O3/c1-30(2)15-24-28(26(35)16-30)29(21-9-6-10-22(14-21)37-3)34(25-12-5-4-11-23(25)33-24)19-27(36)32-18-20-8-7-13-31-17-20/h4-14,17,29,33H,15-16,18-19H2,1-3H3,(H,32,36). The number of hydrogen-bond donors (Lipinski definition) is 2. The molecule has 1 aliphatic carbocycles. The third-order valence-electron chi connectivity index (χ3n) is 6.94. The second-order valence-corrected chi connectivity index (χ2v) is 10.4. The maximum atomic E-state index is 13.8. The lowest BCUT2D eigenvalue weighted by atomic mass is 9.73. The summed E-state index contributed by atoms with van der Waals surface area (Å²) in [7, 11) is 1.63. The van der Waals surface area contributed by atoms with Crippen molar-refractivity contribution in [2.24, 2.45) is 5.41 Å². The summed E-state index contributed by atoms with van der Waals surface area (Å²) in [5.74, 6) is 0.661. The van der Waals surface area contributed by atoms with Crippen LogP contribution < -0.4 is 20.3 Å². The molecule has 2 aliphatic rings. The molecule has 1 unspecified atom stereocenters. The Labute approximate surface area is 217 Å². The number of amides is 1. The molecule has 2 aromatic carbocycles. The molecule has 0 saturated carbocycles. The van der Waals surface area contributed by atoms with Gasteiger partial charge in [-0.1, -0.05) is 44.2 Å². The van der Waals surface area contributed by atoms with Crippen LogP contribution >= 0.6 is 0 Å². The summed E-state index contributed by atoms with van der Waals surface area (Å²) < 4.78 is 5.53. The lowest BCUT2D eigenvalue weighted by Gasteiger charge is -2.38. The van der Waals surface area contributed by atoms with Gasteiger partial charge in [0.05, 0.1) is 31.1 Å². The molecule has 0 fully saturated rings. The first-order valence-electron chi connectivity index (χ1n) is 12.5. The van der Waals surface area contributed by atoms with Crippen LogP contribution in [0.5, 0.6) is 5.75 Å². The minimum atomic E-state index is -0.450. The number of nitrogens with zero attached hydrogens (tertiary/aromatic N) is 2. The second kappa shape index (κ2) is 10.1. The molecule has 0 radical (unpaired) electrons. The lowest BCUT2D eigenvalue weighted by Crippen LogP contribution is -2.41. The number of para-hydroxylation sites is 2. The number of hydrogen-bond acceptors (Lipinski definition) is 6. The van der Waals surface area contributed by atoms with E-state index in [0.29, 0.717) is 24.3 Å². The van der Waals surface area contributed by atoms with Crippen molar-refractivity contribution in [2.45, 2.75) is 39.3 Å². The maximum Gasteiger partial charge on any atom is 0.239 e. The summed E-state index contributed by atoms with van der Waals surface area (Å²) in [6.07, 6.45) is 4.64. The van der Waals surface area contributed by atoms with Gasteiger partial charge in [0.25, 0.3) is 0 Å². The van der Waals surface area contributed by atoms with Gasteiger partial charge in [-0.05, 0) is 53.3 Å². The molecule has 1 aliphatic heterocycles. The Kier molecular flexibility index (Phi) is 6.70. The molecule has 2 heterocycles. The zero-order valence-corrected chi connectivity index (χ0v) is 21.5. The molecule has 7 heteroatoms. The number of ether oxygens (including phenoxy) is 1. The number of carbonyl (C=O) groups excluding carboxylic acids is 2. The van der Waals surface area contributed by atoms with Crippen LogP contribution in [-0.2, 0) is 16.1 Å². The molecule has 7 nitrogen and oxygen atoms in total. The number of fused-ring (bicyclic) bond motifs is 1. The number of rotatable bonds is 6.